The third kappa shape index (κ3) is 5.05. The van der Waals surface area contributed by atoms with E-state index in [0.717, 1.165) is 36.0 Å². The Morgan fingerprint density at radius 1 is 1.00 bits per heavy atom. The fraction of sp³-hybridized carbons (Fsp3) is 0.238. The monoisotopic (exact) mass is 413 g/mol. The average molecular weight is 414 g/mol. The van der Waals surface area contributed by atoms with Gasteiger partial charge in [-0.3, -0.25) is 9.59 Å². The van der Waals surface area contributed by atoms with Crippen molar-refractivity contribution < 1.29 is 14.3 Å². The summed E-state index contributed by atoms with van der Waals surface area (Å²) in [6.07, 6.45) is 5.47. The summed E-state index contributed by atoms with van der Waals surface area (Å²) in [6, 6.07) is 14.6. The van der Waals surface area contributed by atoms with Gasteiger partial charge in [-0.1, -0.05) is 34.1 Å². The number of hydrogen-bond donors (Lipinski definition) is 0. The van der Waals surface area contributed by atoms with Crippen LogP contribution in [0.25, 0.3) is 6.08 Å². The predicted molar refractivity (Wildman–Crippen MR) is 105 cm³/mol. The molecule has 0 N–H and O–H groups in total. The van der Waals surface area contributed by atoms with Crippen molar-refractivity contribution in [3.05, 3.63) is 70.2 Å². The standard InChI is InChI=1S/C21H20BrNO3/c22-18-8-3-16(4-9-18)5-12-20(24)17-6-10-19(11-7-17)26-15-21(25)23-13-1-2-14-23/h3-12H,1-2,13-15H2/b12-5+. The van der Waals surface area contributed by atoms with E-state index in [0.29, 0.717) is 11.3 Å². The Morgan fingerprint density at radius 3 is 2.31 bits per heavy atom. The number of halogens is 1. The van der Waals surface area contributed by atoms with Crippen LogP contribution in [0.3, 0.4) is 0 Å². The summed E-state index contributed by atoms with van der Waals surface area (Å²) in [7, 11) is 0. The second-order valence-corrected chi connectivity index (χ2v) is 7.07. The first-order chi connectivity index (χ1) is 12.6. The molecule has 2 aromatic carbocycles. The number of amides is 1. The molecule has 26 heavy (non-hydrogen) atoms. The van der Waals surface area contributed by atoms with E-state index in [1.54, 1.807) is 36.4 Å². The largest absolute Gasteiger partial charge is 0.484 e. The first kappa shape index (κ1) is 18.4. The zero-order chi connectivity index (χ0) is 18.4. The van der Waals surface area contributed by atoms with Crippen molar-refractivity contribution in [3.8, 4) is 5.75 Å². The van der Waals surface area contributed by atoms with Gasteiger partial charge in [-0.2, -0.15) is 0 Å². The van der Waals surface area contributed by atoms with Crippen molar-refractivity contribution >= 4 is 33.7 Å². The highest BCUT2D eigenvalue weighted by molar-refractivity contribution is 9.10. The predicted octanol–water partition coefficient (Wildman–Crippen LogP) is 4.35. The molecule has 1 amide bonds. The van der Waals surface area contributed by atoms with Gasteiger partial charge in [-0.25, -0.2) is 0 Å². The molecule has 0 saturated carbocycles. The SMILES string of the molecule is O=C(/C=C/c1ccc(Br)cc1)c1ccc(OCC(=O)N2CCCC2)cc1. The number of rotatable bonds is 6. The van der Waals surface area contributed by atoms with E-state index >= 15 is 0 Å². The van der Waals surface area contributed by atoms with Gasteiger partial charge < -0.3 is 9.64 Å². The minimum absolute atomic E-state index is 0.0140. The molecule has 0 unspecified atom stereocenters. The van der Waals surface area contributed by atoms with E-state index in [1.807, 2.05) is 29.2 Å². The Labute approximate surface area is 161 Å². The lowest BCUT2D eigenvalue weighted by Crippen LogP contribution is -2.32. The maximum atomic E-state index is 12.2. The summed E-state index contributed by atoms with van der Waals surface area (Å²) in [6.45, 7) is 1.68. The molecular formula is C21H20BrNO3. The normalized spacial score (nSPS) is 14.0. The lowest BCUT2D eigenvalue weighted by atomic mass is 10.1. The Kier molecular flexibility index (Phi) is 6.23. The van der Waals surface area contributed by atoms with Crippen LogP contribution in [0.1, 0.15) is 28.8 Å². The van der Waals surface area contributed by atoms with Crippen molar-refractivity contribution in [1.29, 1.82) is 0 Å². The van der Waals surface area contributed by atoms with Crippen molar-refractivity contribution in [3.63, 3.8) is 0 Å². The molecule has 1 heterocycles. The highest BCUT2D eigenvalue weighted by Gasteiger charge is 2.18. The number of hydrogen-bond acceptors (Lipinski definition) is 3. The van der Waals surface area contributed by atoms with Crippen LogP contribution in [0.5, 0.6) is 5.75 Å². The molecule has 0 aromatic heterocycles. The molecule has 4 nitrogen and oxygen atoms in total. The number of ketones is 1. The Bertz CT molecular complexity index is 791. The number of ether oxygens (including phenoxy) is 1. The first-order valence-corrected chi connectivity index (χ1v) is 9.40. The highest BCUT2D eigenvalue weighted by Crippen LogP contribution is 2.15. The van der Waals surface area contributed by atoms with Gasteiger partial charge in [0.1, 0.15) is 5.75 Å². The molecule has 1 saturated heterocycles. The van der Waals surface area contributed by atoms with Gasteiger partial charge in [0.2, 0.25) is 0 Å². The maximum absolute atomic E-state index is 12.2. The van der Waals surface area contributed by atoms with Crippen molar-refractivity contribution in [2.24, 2.45) is 0 Å². The summed E-state index contributed by atoms with van der Waals surface area (Å²) in [4.78, 5) is 26.0. The molecule has 0 spiro atoms. The minimum Gasteiger partial charge on any atom is -0.484 e. The van der Waals surface area contributed by atoms with Crippen LogP contribution in [-0.2, 0) is 4.79 Å². The molecule has 1 aliphatic rings. The summed E-state index contributed by atoms with van der Waals surface area (Å²) >= 11 is 3.38. The van der Waals surface area contributed by atoms with Crippen LogP contribution in [-0.4, -0.2) is 36.3 Å². The van der Waals surface area contributed by atoms with Gasteiger partial charge >= 0.3 is 0 Å². The third-order valence-electron chi connectivity index (χ3n) is 4.26. The van der Waals surface area contributed by atoms with Crippen LogP contribution in [0.2, 0.25) is 0 Å². The van der Waals surface area contributed by atoms with Gasteiger partial charge in [-0.15, -0.1) is 0 Å². The summed E-state index contributed by atoms with van der Waals surface area (Å²) < 4.78 is 6.53. The van der Waals surface area contributed by atoms with E-state index in [2.05, 4.69) is 15.9 Å². The maximum Gasteiger partial charge on any atom is 0.260 e. The van der Waals surface area contributed by atoms with E-state index in [-0.39, 0.29) is 18.3 Å². The number of carbonyl (C=O) groups excluding carboxylic acids is 2. The van der Waals surface area contributed by atoms with Crippen molar-refractivity contribution in [2.75, 3.05) is 19.7 Å². The average Bonchev–Trinajstić information content (AvgIpc) is 3.21. The molecule has 2 aromatic rings. The van der Waals surface area contributed by atoms with Gasteiger partial charge in [-0.05, 0) is 60.9 Å². The van der Waals surface area contributed by atoms with E-state index in [1.165, 1.54) is 0 Å². The number of nitrogens with zero attached hydrogens (tertiary/aromatic N) is 1. The summed E-state index contributed by atoms with van der Waals surface area (Å²) in [5.41, 5.74) is 1.54. The molecular weight excluding hydrogens is 394 g/mol. The van der Waals surface area contributed by atoms with Crippen LogP contribution >= 0.6 is 15.9 Å². The van der Waals surface area contributed by atoms with E-state index in [4.69, 9.17) is 4.74 Å². The van der Waals surface area contributed by atoms with Crippen molar-refractivity contribution in [2.45, 2.75) is 12.8 Å². The van der Waals surface area contributed by atoms with E-state index < -0.39 is 0 Å². The lowest BCUT2D eigenvalue weighted by molar-refractivity contribution is -0.132. The lowest BCUT2D eigenvalue weighted by Gasteiger charge is -2.15. The molecule has 1 aliphatic heterocycles. The highest BCUT2D eigenvalue weighted by atomic mass is 79.9. The van der Waals surface area contributed by atoms with Crippen LogP contribution in [0.15, 0.2) is 59.1 Å². The molecule has 5 heteroatoms. The molecule has 0 atom stereocenters. The van der Waals surface area contributed by atoms with Crippen molar-refractivity contribution in [1.82, 2.24) is 4.90 Å². The fourth-order valence-electron chi connectivity index (χ4n) is 2.76. The van der Waals surface area contributed by atoms with E-state index in [9.17, 15) is 9.59 Å². The quantitative estimate of drug-likeness (QED) is 0.522. The van der Waals surface area contributed by atoms with Gasteiger partial charge in [0.25, 0.3) is 5.91 Å². The Hall–Kier alpha value is -2.40. The number of carbonyl (C=O) groups is 2. The number of benzene rings is 2. The molecule has 1 fully saturated rings. The van der Waals surface area contributed by atoms with Gasteiger partial charge in [0.15, 0.2) is 12.4 Å². The van der Waals surface area contributed by atoms with Crippen LogP contribution in [0.4, 0.5) is 0 Å². The first-order valence-electron chi connectivity index (χ1n) is 8.60. The minimum atomic E-state index is -0.0763. The van der Waals surface area contributed by atoms with Crippen LogP contribution in [0, 0.1) is 0 Å². The smallest absolute Gasteiger partial charge is 0.260 e. The summed E-state index contributed by atoms with van der Waals surface area (Å²) in [5, 5.41) is 0. The topological polar surface area (TPSA) is 46.6 Å². The Morgan fingerprint density at radius 2 is 1.65 bits per heavy atom. The molecule has 3 rings (SSSR count). The fourth-order valence-corrected chi connectivity index (χ4v) is 3.02. The molecule has 0 aliphatic carbocycles. The molecule has 134 valence electrons. The second kappa shape index (κ2) is 8.81. The van der Waals surface area contributed by atoms with Gasteiger partial charge in [0, 0.05) is 23.1 Å². The zero-order valence-electron chi connectivity index (χ0n) is 14.4. The Balaban J connectivity index is 1.53. The van der Waals surface area contributed by atoms with Gasteiger partial charge in [0.05, 0.1) is 0 Å². The number of allylic oxidation sites excluding steroid dienone is 1. The van der Waals surface area contributed by atoms with Crippen LogP contribution < -0.4 is 4.74 Å². The number of likely N-dealkylation sites (tertiary alicyclic amines) is 1. The third-order valence-corrected chi connectivity index (χ3v) is 4.79. The summed E-state index contributed by atoms with van der Waals surface area (Å²) in [5.74, 6) is 0.527. The second-order valence-electron chi connectivity index (χ2n) is 6.15. The molecule has 0 bridgehead atoms. The zero-order valence-corrected chi connectivity index (χ0v) is 15.9. The molecule has 0 radical (unpaired) electrons.